The van der Waals surface area contributed by atoms with Crippen LogP contribution in [0.3, 0.4) is 0 Å². The Morgan fingerprint density at radius 1 is 1.29 bits per heavy atom. The molecule has 0 fully saturated rings. The summed E-state index contributed by atoms with van der Waals surface area (Å²) in [5.74, 6) is 1.10. The van der Waals surface area contributed by atoms with Gasteiger partial charge >= 0.3 is 4.87 Å². The van der Waals surface area contributed by atoms with E-state index in [4.69, 9.17) is 9.47 Å². The van der Waals surface area contributed by atoms with Gasteiger partial charge in [0.25, 0.3) is 0 Å². The van der Waals surface area contributed by atoms with E-state index in [-0.39, 0.29) is 16.6 Å². The van der Waals surface area contributed by atoms with E-state index in [0.717, 1.165) is 35.3 Å². The highest BCUT2D eigenvalue weighted by molar-refractivity contribution is 7.09. The average molecular weight is 401 g/mol. The molecule has 0 saturated carbocycles. The lowest BCUT2D eigenvalue weighted by atomic mass is 9.93. The lowest BCUT2D eigenvalue weighted by Crippen LogP contribution is -2.42. The van der Waals surface area contributed by atoms with Gasteiger partial charge in [0, 0.05) is 6.42 Å². The SMILES string of the molecule is CC1(COc2ccc(Cc3sc(=O)[nH]c3O)cc2)CCc2cc(F)ccc2O1. The molecule has 146 valence electrons. The first-order valence-corrected chi connectivity index (χ1v) is 9.82. The van der Waals surface area contributed by atoms with E-state index in [9.17, 15) is 14.3 Å². The summed E-state index contributed by atoms with van der Waals surface area (Å²) in [6.07, 6.45) is 1.96. The van der Waals surface area contributed by atoms with Crippen LogP contribution in [0.5, 0.6) is 17.4 Å². The van der Waals surface area contributed by atoms with Crippen LogP contribution in [0, 0.1) is 5.82 Å². The number of halogens is 1. The first kappa shape index (κ1) is 18.6. The summed E-state index contributed by atoms with van der Waals surface area (Å²) in [7, 11) is 0. The number of ether oxygens (including phenoxy) is 2. The van der Waals surface area contributed by atoms with Gasteiger partial charge in [-0.25, -0.2) is 4.39 Å². The van der Waals surface area contributed by atoms with Crippen molar-refractivity contribution in [1.82, 2.24) is 4.98 Å². The molecule has 5 nitrogen and oxygen atoms in total. The van der Waals surface area contributed by atoms with Crippen molar-refractivity contribution in [3.8, 4) is 17.4 Å². The molecule has 0 bridgehead atoms. The lowest BCUT2D eigenvalue weighted by Gasteiger charge is -2.35. The highest BCUT2D eigenvalue weighted by Crippen LogP contribution is 2.34. The molecule has 2 aromatic carbocycles. The van der Waals surface area contributed by atoms with Crippen LogP contribution in [-0.4, -0.2) is 22.3 Å². The summed E-state index contributed by atoms with van der Waals surface area (Å²) in [4.78, 5) is 14.0. The van der Waals surface area contributed by atoms with Gasteiger partial charge in [-0.15, -0.1) is 0 Å². The Labute approximate surface area is 165 Å². The van der Waals surface area contributed by atoms with E-state index >= 15 is 0 Å². The van der Waals surface area contributed by atoms with Gasteiger partial charge in [0.2, 0.25) is 5.88 Å². The zero-order chi connectivity index (χ0) is 19.7. The molecule has 0 amide bonds. The van der Waals surface area contributed by atoms with E-state index in [1.165, 1.54) is 12.1 Å². The summed E-state index contributed by atoms with van der Waals surface area (Å²) < 4.78 is 25.3. The molecule has 3 aromatic rings. The second kappa shape index (κ2) is 7.31. The highest BCUT2D eigenvalue weighted by Gasteiger charge is 2.32. The summed E-state index contributed by atoms with van der Waals surface area (Å²) in [6, 6.07) is 12.1. The first-order valence-electron chi connectivity index (χ1n) is 9.00. The predicted molar refractivity (Wildman–Crippen MR) is 105 cm³/mol. The Kier molecular flexibility index (Phi) is 4.85. The summed E-state index contributed by atoms with van der Waals surface area (Å²) in [5, 5.41) is 9.68. The first-order chi connectivity index (χ1) is 13.4. The van der Waals surface area contributed by atoms with E-state index in [0.29, 0.717) is 29.4 Å². The van der Waals surface area contributed by atoms with Crippen LogP contribution in [0.2, 0.25) is 0 Å². The molecular formula is C21H20FNO4S. The molecule has 1 aromatic heterocycles. The number of nitrogens with one attached hydrogen (secondary N) is 1. The fourth-order valence-corrected chi connectivity index (χ4v) is 4.02. The maximum absolute atomic E-state index is 13.3. The molecule has 4 rings (SSSR count). The normalized spacial score (nSPS) is 18.4. The predicted octanol–water partition coefficient (Wildman–Crippen LogP) is 4.03. The van der Waals surface area contributed by atoms with Gasteiger partial charge < -0.3 is 14.6 Å². The topological polar surface area (TPSA) is 71.6 Å². The number of fused-ring (bicyclic) bond motifs is 1. The van der Waals surface area contributed by atoms with Crippen LogP contribution in [0.4, 0.5) is 4.39 Å². The third-order valence-corrected chi connectivity index (χ3v) is 5.71. The third-order valence-electron chi connectivity index (χ3n) is 4.83. The molecule has 0 spiro atoms. The highest BCUT2D eigenvalue weighted by atomic mass is 32.1. The van der Waals surface area contributed by atoms with Gasteiger partial charge in [-0.05, 0) is 61.2 Å². The van der Waals surface area contributed by atoms with Crippen molar-refractivity contribution in [2.75, 3.05) is 6.61 Å². The average Bonchev–Trinajstić information content (AvgIpc) is 2.98. The third kappa shape index (κ3) is 4.04. The van der Waals surface area contributed by atoms with Gasteiger partial charge in [0.05, 0.1) is 4.88 Å². The van der Waals surface area contributed by atoms with Crippen molar-refractivity contribution in [3.63, 3.8) is 0 Å². The zero-order valence-electron chi connectivity index (χ0n) is 15.3. The Balaban J connectivity index is 1.38. The second-order valence-corrected chi connectivity index (χ2v) is 8.27. The molecule has 7 heteroatoms. The Bertz CT molecular complexity index is 1040. The van der Waals surface area contributed by atoms with Crippen LogP contribution in [0.25, 0.3) is 0 Å². The van der Waals surface area contributed by atoms with Crippen molar-refractivity contribution in [1.29, 1.82) is 0 Å². The van der Waals surface area contributed by atoms with Gasteiger partial charge in [0.1, 0.15) is 29.5 Å². The minimum absolute atomic E-state index is 0.0714. The zero-order valence-corrected chi connectivity index (χ0v) is 16.1. The van der Waals surface area contributed by atoms with E-state index < -0.39 is 5.60 Å². The molecule has 1 unspecified atom stereocenters. The molecule has 1 aliphatic heterocycles. The molecule has 1 aliphatic rings. The molecule has 0 aliphatic carbocycles. The van der Waals surface area contributed by atoms with E-state index in [1.54, 1.807) is 6.07 Å². The number of aromatic amines is 1. The maximum atomic E-state index is 13.3. The minimum Gasteiger partial charge on any atom is -0.494 e. The van der Waals surface area contributed by atoms with Crippen LogP contribution in [-0.2, 0) is 12.8 Å². The number of aromatic nitrogens is 1. The molecule has 2 heterocycles. The summed E-state index contributed by atoms with van der Waals surface area (Å²) >= 11 is 1.00. The smallest absolute Gasteiger partial charge is 0.307 e. The second-order valence-electron chi connectivity index (χ2n) is 7.20. The number of rotatable bonds is 5. The van der Waals surface area contributed by atoms with Crippen LogP contribution >= 0.6 is 11.3 Å². The Morgan fingerprint density at radius 2 is 2.07 bits per heavy atom. The van der Waals surface area contributed by atoms with Gasteiger partial charge in [0.15, 0.2) is 0 Å². The van der Waals surface area contributed by atoms with Crippen molar-refractivity contribution in [2.24, 2.45) is 0 Å². The van der Waals surface area contributed by atoms with E-state index in [1.807, 2.05) is 31.2 Å². The van der Waals surface area contributed by atoms with Gasteiger partial charge in [-0.1, -0.05) is 23.5 Å². The monoisotopic (exact) mass is 401 g/mol. The summed E-state index contributed by atoms with van der Waals surface area (Å²) in [5.41, 5.74) is 1.37. The molecule has 0 saturated heterocycles. The number of H-pyrrole nitrogens is 1. The van der Waals surface area contributed by atoms with Crippen LogP contribution in [0.15, 0.2) is 47.3 Å². The molecular weight excluding hydrogens is 381 g/mol. The van der Waals surface area contributed by atoms with Crippen LogP contribution < -0.4 is 14.3 Å². The minimum atomic E-state index is -0.480. The lowest BCUT2D eigenvalue weighted by molar-refractivity contribution is 0.0174. The molecule has 0 radical (unpaired) electrons. The van der Waals surface area contributed by atoms with Gasteiger partial charge in [-0.2, -0.15) is 0 Å². The van der Waals surface area contributed by atoms with Crippen molar-refractivity contribution in [2.45, 2.75) is 31.8 Å². The van der Waals surface area contributed by atoms with Crippen molar-refractivity contribution >= 4 is 11.3 Å². The Hall–Kier alpha value is -2.80. The fraction of sp³-hybridized carbons (Fsp3) is 0.286. The molecule has 28 heavy (non-hydrogen) atoms. The largest absolute Gasteiger partial charge is 0.494 e. The standard InChI is InChI=1S/C21H20FNO4S/c1-21(9-8-14-11-15(22)4-7-17(14)27-21)12-26-16-5-2-13(3-6-16)10-18-19(24)23-20(25)28-18/h2-7,11,24H,8-10,12H2,1H3,(H,23,25). The maximum Gasteiger partial charge on any atom is 0.307 e. The number of aromatic hydroxyl groups is 1. The summed E-state index contributed by atoms with van der Waals surface area (Å²) in [6.45, 7) is 2.37. The molecule has 2 N–H and O–H groups in total. The van der Waals surface area contributed by atoms with Crippen LogP contribution in [0.1, 0.15) is 29.3 Å². The number of aryl methyl sites for hydroxylation is 1. The van der Waals surface area contributed by atoms with Crippen molar-refractivity contribution in [3.05, 3.63) is 74.0 Å². The number of benzene rings is 2. The Morgan fingerprint density at radius 3 is 2.79 bits per heavy atom. The quantitative estimate of drug-likeness (QED) is 0.677. The van der Waals surface area contributed by atoms with Gasteiger partial charge in [-0.3, -0.25) is 9.78 Å². The number of thiazole rings is 1. The molecule has 1 atom stereocenters. The van der Waals surface area contributed by atoms with E-state index in [2.05, 4.69) is 4.98 Å². The number of hydrogen-bond acceptors (Lipinski definition) is 5. The van der Waals surface area contributed by atoms with Crippen molar-refractivity contribution < 1.29 is 19.0 Å². The fourth-order valence-electron chi connectivity index (χ4n) is 3.26. The number of hydrogen-bond donors (Lipinski definition) is 2.